The predicted molar refractivity (Wildman–Crippen MR) is 188 cm³/mol. The number of ketones is 1. The van der Waals surface area contributed by atoms with E-state index in [-0.39, 0.29) is 25.7 Å². The molecule has 0 saturated heterocycles. The first kappa shape index (κ1) is 38.3. The standard InChI is InChI=1S/C36H52N2O7SSi/c1-36(2,3)45-35(40)37-33(26-44-32-20-16-29(17-21-32)28-12-10-9-11-13-28)34(24-30(39)22-23-47(6,7)8)38(46(5,41)42)25-27-14-18-31(43-4)19-15-27/h9-15,18-19,29,32-34H,16-17,20-21,24-26H2,1-8H3,(H,37,40). The predicted octanol–water partition coefficient (Wildman–Crippen LogP) is 6.30. The van der Waals surface area contributed by atoms with Gasteiger partial charge in [0, 0.05) is 13.0 Å². The molecule has 0 spiro atoms. The van der Waals surface area contributed by atoms with Gasteiger partial charge in [-0.1, -0.05) is 62.1 Å². The summed E-state index contributed by atoms with van der Waals surface area (Å²) in [5.41, 5.74) is 4.31. The third kappa shape index (κ3) is 13.5. The second kappa shape index (κ2) is 16.8. The van der Waals surface area contributed by atoms with Gasteiger partial charge in [-0.15, -0.1) is 5.54 Å². The summed E-state index contributed by atoms with van der Waals surface area (Å²) in [4.78, 5) is 26.6. The summed E-state index contributed by atoms with van der Waals surface area (Å²) < 4.78 is 45.5. The fourth-order valence-corrected chi connectivity index (χ4v) is 7.18. The minimum Gasteiger partial charge on any atom is -0.497 e. The van der Waals surface area contributed by atoms with Crippen LogP contribution in [0.5, 0.6) is 5.75 Å². The summed E-state index contributed by atoms with van der Waals surface area (Å²) in [6.45, 7) is 11.3. The molecule has 2 unspecified atom stereocenters. The Balaban J connectivity index is 1.94. The van der Waals surface area contributed by atoms with Gasteiger partial charge in [0.1, 0.15) is 19.4 Å². The third-order valence-electron chi connectivity index (χ3n) is 7.89. The zero-order valence-electron chi connectivity index (χ0n) is 29.2. The van der Waals surface area contributed by atoms with E-state index in [1.165, 1.54) is 9.87 Å². The van der Waals surface area contributed by atoms with Crippen LogP contribution in [0.4, 0.5) is 4.79 Å². The quantitative estimate of drug-likeness (QED) is 0.195. The second-order valence-corrected chi connectivity index (χ2v) is 21.0. The first-order chi connectivity index (χ1) is 21.9. The number of carbonyl (C=O) groups is 2. The SMILES string of the molecule is COc1ccc(CN(C(CC(=O)C#C[Si](C)(C)C)C(COC2CCC(c3ccccc3)CC2)NC(=O)OC(C)(C)C)S(C)(=O)=O)cc1. The van der Waals surface area contributed by atoms with Crippen molar-refractivity contribution >= 4 is 30.0 Å². The number of carbonyl (C=O) groups excluding carboxylic acids is 2. The average Bonchev–Trinajstić information content (AvgIpc) is 2.99. The molecule has 258 valence electrons. The van der Waals surface area contributed by atoms with Gasteiger partial charge in [-0.25, -0.2) is 13.2 Å². The molecule has 0 aliphatic heterocycles. The van der Waals surface area contributed by atoms with E-state index in [1.54, 1.807) is 52.1 Å². The number of nitrogens with one attached hydrogen (secondary N) is 1. The molecule has 47 heavy (non-hydrogen) atoms. The molecule has 1 amide bonds. The fraction of sp³-hybridized carbons (Fsp3) is 0.556. The number of hydrogen-bond donors (Lipinski definition) is 1. The Morgan fingerprint density at radius 1 is 1.00 bits per heavy atom. The Morgan fingerprint density at radius 3 is 2.15 bits per heavy atom. The number of benzene rings is 2. The molecule has 0 bridgehead atoms. The Kier molecular flexibility index (Phi) is 13.7. The van der Waals surface area contributed by atoms with Crippen LogP contribution >= 0.6 is 0 Å². The van der Waals surface area contributed by atoms with Gasteiger partial charge in [-0.05, 0) is 81.6 Å². The monoisotopic (exact) mass is 684 g/mol. The summed E-state index contributed by atoms with van der Waals surface area (Å²) in [6, 6.07) is 15.6. The molecule has 11 heteroatoms. The van der Waals surface area contributed by atoms with Crippen LogP contribution in [0.3, 0.4) is 0 Å². The van der Waals surface area contributed by atoms with E-state index in [4.69, 9.17) is 14.2 Å². The molecule has 3 rings (SSSR count). The molecule has 1 fully saturated rings. The smallest absolute Gasteiger partial charge is 0.408 e. The molecule has 2 aromatic rings. The largest absolute Gasteiger partial charge is 0.497 e. The Bertz CT molecular complexity index is 1480. The lowest BCUT2D eigenvalue weighted by Gasteiger charge is -2.37. The van der Waals surface area contributed by atoms with Gasteiger partial charge in [0.25, 0.3) is 0 Å². The van der Waals surface area contributed by atoms with Crippen molar-refractivity contribution in [2.45, 2.75) is 109 Å². The molecule has 1 aliphatic carbocycles. The van der Waals surface area contributed by atoms with Crippen molar-refractivity contribution in [1.29, 1.82) is 0 Å². The second-order valence-electron chi connectivity index (χ2n) is 14.3. The van der Waals surface area contributed by atoms with Crippen LogP contribution in [-0.2, 0) is 30.8 Å². The lowest BCUT2D eigenvalue weighted by Crippen LogP contribution is -2.56. The van der Waals surface area contributed by atoms with Crippen molar-refractivity contribution in [2.75, 3.05) is 20.0 Å². The molecular weight excluding hydrogens is 633 g/mol. The van der Waals surface area contributed by atoms with Crippen LogP contribution in [-0.4, -0.2) is 76.4 Å². The van der Waals surface area contributed by atoms with Gasteiger partial charge >= 0.3 is 6.09 Å². The fourth-order valence-electron chi connectivity index (χ4n) is 5.57. The van der Waals surface area contributed by atoms with Crippen molar-refractivity contribution in [3.05, 3.63) is 65.7 Å². The molecule has 2 atom stereocenters. The average molecular weight is 685 g/mol. The molecule has 1 aliphatic rings. The summed E-state index contributed by atoms with van der Waals surface area (Å²) in [6.07, 6.45) is 3.65. The van der Waals surface area contributed by atoms with Crippen molar-refractivity contribution in [2.24, 2.45) is 0 Å². The van der Waals surface area contributed by atoms with E-state index in [1.807, 2.05) is 25.7 Å². The van der Waals surface area contributed by atoms with E-state index in [0.717, 1.165) is 31.9 Å². The van der Waals surface area contributed by atoms with Crippen LogP contribution in [0.25, 0.3) is 0 Å². The van der Waals surface area contributed by atoms with Crippen LogP contribution < -0.4 is 10.1 Å². The maximum Gasteiger partial charge on any atom is 0.408 e. The van der Waals surface area contributed by atoms with E-state index in [0.29, 0.717) is 17.2 Å². The lowest BCUT2D eigenvalue weighted by atomic mass is 9.83. The van der Waals surface area contributed by atoms with Crippen molar-refractivity contribution in [1.82, 2.24) is 9.62 Å². The number of nitrogens with zero attached hydrogens (tertiary/aromatic N) is 1. The number of Topliss-reactive ketones (excluding diaryl/α,β-unsaturated/α-hetero) is 1. The number of ether oxygens (including phenoxy) is 3. The highest BCUT2D eigenvalue weighted by molar-refractivity contribution is 7.88. The van der Waals surface area contributed by atoms with Crippen molar-refractivity contribution in [3.8, 4) is 17.2 Å². The van der Waals surface area contributed by atoms with Gasteiger partial charge in [-0.2, -0.15) is 4.31 Å². The van der Waals surface area contributed by atoms with E-state index in [9.17, 15) is 18.0 Å². The number of alkyl carbamates (subject to hydrolysis) is 1. The van der Waals surface area contributed by atoms with E-state index >= 15 is 0 Å². The molecule has 9 nitrogen and oxygen atoms in total. The summed E-state index contributed by atoms with van der Waals surface area (Å²) >= 11 is 0. The van der Waals surface area contributed by atoms with E-state index in [2.05, 4.69) is 41.0 Å². The van der Waals surface area contributed by atoms with Gasteiger partial charge in [0.2, 0.25) is 15.8 Å². The minimum atomic E-state index is -3.90. The highest BCUT2D eigenvalue weighted by Crippen LogP contribution is 2.34. The van der Waals surface area contributed by atoms with Crippen molar-refractivity contribution in [3.63, 3.8) is 0 Å². The summed E-state index contributed by atoms with van der Waals surface area (Å²) in [5.74, 6) is 3.44. The van der Waals surface area contributed by atoms with Gasteiger partial charge in [0.15, 0.2) is 0 Å². The van der Waals surface area contributed by atoms with Crippen LogP contribution in [0.1, 0.15) is 69.9 Å². The molecule has 1 saturated carbocycles. The summed E-state index contributed by atoms with van der Waals surface area (Å²) in [5, 5.41) is 2.88. The lowest BCUT2D eigenvalue weighted by molar-refractivity contribution is -0.115. The highest BCUT2D eigenvalue weighted by atomic mass is 32.2. The topological polar surface area (TPSA) is 111 Å². The Hall–Kier alpha value is -3.17. The number of rotatable bonds is 13. The summed E-state index contributed by atoms with van der Waals surface area (Å²) in [7, 11) is -4.24. The maximum absolute atomic E-state index is 13.5. The van der Waals surface area contributed by atoms with Gasteiger partial charge < -0.3 is 19.5 Å². The molecule has 0 heterocycles. The van der Waals surface area contributed by atoms with Crippen LogP contribution in [0, 0.1) is 11.5 Å². The molecule has 2 aromatic carbocycles. The number of amides is 1. The minimum absolute atomic E-state index is 0.00601. The molecular formula is C36H52N2O7SSi. The van der Waals surface area contributed by atoms with E-state index < -0.39 is 47.7 Å². The van der Waals surface area contributed by atoms with Crippen LogP contribution in [0.2, 0.25) is 19.6 Å². The van der Waals surface area contributed by atoms with Gasteiger partial charge in [-0.3, -0.25) is 4.79 Å². The number of methoxy groups -OCH3 is 1. The zero-order chi connectivity index (χ0) is 34.8. The molecule has 1 N–H and O–H groups in total. The first-order valence-corrected chi connectivity index (χ1v) is 21.6. The van der Waals surface area contributed by atoms with Crippen LogP contribution in [0.15, 0.2) is 54.6 Å². The first-order valence-electron chi connectivity index (χ1n) is 16.3. The molecule has 0 aromatic heterocycles. The number of sulfonamides is 1. The zero-order valence-corrected chi connectivity index (χ0v) is 31.0. The number of hydrogen-bond acceptors (Lipinski definition) is 7. The Labute approximate surface area is 282 Å². The third-order valence-corrected chi connectivity index (χ3v) is 10.0. The van der Waals surface area contributed by atoms with Crippen molar-refractivity contribution < 1.29 is 32.2 Å². The highest BCUT2D eigenvalue weighted by Gasteiger charge is 2.37. The molecule has 0 radical (unpaired) electrons. The Morgan fingerprint density at radius 2 is 1.62 bits per heavy atom. The van der Waals surface area contributed by atoms with Gasteiger partial charge in [0.05, 0.1) is 38.2 Å². The maximum atomic E-state index is 13.5. The normalized spacial score (nSPS) is 18.4.